The molecule has 1 fully saturated rings. The van der Waals surface area contributed by atoms with Crippen LogP contribution in [0.15, 0.2) is 30.3 Å². The van der Waals surface area contributed by atoms with Crippen LogP contribution in [-0.2, 0) is 23.7 Å². The summed E-state index contributed by atoms with van der Waals surface area (Å²) in [7, 11) is 0. The van der Waals surface area contributed by atoms with Gasteiger partial charge in [0.05, 0.1) is 18.3 Å². The molecule has 0 heterocycles. The predicted molar refractivity (Wildman–Crippen MR) is 109 cm³/mol. The van der Waals surface area contributed by atoms with Gasteiger partial charge in [-0.3, -0.25) is 0 Å². The van der Waals surface area contributed by atoms with E-state index in [1.807, 2.05) is 59.7 Å². The second kappa shape index (κ2) is 10.4. The molecule has 5 nitrogen and oxygen atoms in total. The van der Waals surface area contributed by atoms with Gasteiger partial charge in [-0.2, -0.15) is 0 Å². The molecule has 0 radical (unpaired) electrons. The van der Waals surface area contributed by atoms with Crippen LogP contribution in [0.5, 0.6) is 0 Å². The van der Waals surface area contributed by atoms with E-state index in [-0.39, 0.29) is 30.3 Å². The minimum atomic E-state index is -1.85. The van der Waals surface area contributed by atoms with E-state index in [4.69, 9.17) is 18.9 Å². The molecule has 0 spiro atoms. The van der Waals surface area contributed by atoms with E-state index in [1.54, 1.807) is 0 Å². The largest absolute Gasteiger partial charge is 0.456 e. The fraction of sp³-hybridized carbons (Fsp3) is 0.696. The number of rotatable bonds is 9. The highest BCUT2D eigenvalue weighted by molar-refractivity contribution is 5.76. The Kier molecular flexibility index (Phi) is 8.47. The summed E-state index contributed by atoms with van der Waals surface area (Å²) >= 11 is 0. The van der Waals surface area contributed by atoms with Gasteiger partial charge in [-0.05, 0) is 66.4 Å². The Balaban J connectivity index is 2.26. The van der Waals surface area contributed by atoms with E-state index in [2.05, 4.69) is 12.1 Å². The Labute approximate surface area is 169 Å². The molecule has 0 aromatic heterocycles. The summed E-state index contributed by atoms with van der Waals surface area (Å²) in [6, 6.07) is 10.3. The van der Waals surface area contributed by atoms with Crippen LogP contribution in [0.4, 0.5) is 0 Å². The number of benzene rings is 1. The molecule has 1 aromatic rings. The van der Waals surface area contributed by atoms with Gasteiger partial charge in [-0.15, -0.1) is 0 Å². The number of carbonyl (C=O) groups excluding carboxylic acids is 1. The molecule has 5 heteroatoms. The molecule has 0 N–H and O–H groups in total. The normalized spacial score (nSPS) is 20.8. The molecule has 0 amide bonds. The van der Waals surface area contributed by atoms with E-state index < -0.39 is 11.9 Å². The molecular formula is C23H36O5. The maximum absolute atomic E-state index is 13.3. The first-order valence-corrected chi connectivity index (χ1v) is 10.5. The number of esters is 1. The van der Waals surface area contributed by atoms with Crippen LogP contribution >= 0.6 is 0 Å². The third kappa shape index (κ3) is 6.29. The fourth-order valence-electron chi connectivity index (χ4n) is 3.69. The molecule has 1 aliphatic rings. The lowest BCUT2D eigenvalue weighted by atomic mass is 9.81. The van der Waals surface area contributed by atoms with Gasteiger partial charge in [-0.1, -0.05) is 36.8 Å². The zero-order valence-electron chi connectivity index (χ0n) is 18.1. The molecule has 1 aromatic carbocycles. The lowest BCUT2D eigenvalue weighted by Crippen LogP contribution is -2.53. The van der Waals surface area contributed by atoms with Crippen LogP contribution < -0.4 is 0 Å². The molecule has 1 aliphatic carbocycles. The van der Waals surface area contributed by atoms with Gasteiger partial charge in [-0.25, -0.2) is 4.79 Å². The SMILES string of the molecule is CC(C)OC(OC(C)C)(OC(C)C)C(=O)O[C@@H]1CCCC[C@H]1c1ccccc1. The summed E-state index contributed by atoms with van der Waals surface area (Å²) in [6.45, 7) is 11.1. The lowest BCUT2D eigenvalue weighted by molar-refractivity contribution is -0.393. The van der Waals surface area contributed by atoms with E-state index in [0.29, 0.717) is 0 Å². The van der Waals surface area contributed by atoms with E-state index in [9.17, 15) is 4.79 Å². The zero-order valence-corrected chi connectivity index (χ0v) is 18.1. The van der Waals surface area contributed by atoms with Crippen molar-refractivity contribution in [3.8, 4) is 0 Å². The van der Waals surface area contributed by atoms with Gasteiger partial charge >= 0.3 is 11.9 Å². The Hall–Kier alpha value is -1.43. The summed E-state index contributed by atoms with van der Waals surface area (Å²) in [5, 5.41) is 0. The van der Waals surface area contributed by atoms with Crippen LogP contribution in [0.3, 0.4) is 0 Å². The summed E-state index contributed by atoms with van der Waals surface area (Å²) in [6.07, 6.45) is 2.98. The number of hydrogen-bond acceptors (Lipinski definition) is 5. The Morgan fingerprint density at radius 3 is 1.86 bits per heavy atom. The molecule has 2 rings (SSSR count). The van der Waals surface area contributed by atoms with Crippen molar-refractivity contribution in [3.63, 3.8) is 0 Å². The third-order valence-electron chi connectivity index (χ3n) is 4.61. The molecule has 0 saturated heterocycles. The number of hydrogen-bond donors (Lipinski definition) is 0. The van der Waals surface area contributed by atoms with Crippen LogP contribution in [-0.4, -0.2) is 36.4 Å². The van der Waals surface area contributed by atoms with Crippen molar-refractivity contribution in [2.45, 2.75) is 104 Å². The van der Waals surface area contributed by atoms with Crippen LogP contribution in [0, 0.1) is 0 Å². The Morgan fingerprint density at radius 2 is 1.36 bits per heavy atom. The second-order valence-electron chi connectivity index (χ2n) is 8.30. The van der Waals surface area contributed by atoms with Crippen LogP contribution in [0.2, 0.25) is 0 Å². The van der Waals surface area contributed by atoms with Crippen molar-refractivity contribution in [2.24, 2.45) is 0 Å². The fourth-order valence-corrected chi connectivity index (χ4v) is 3.69. The summed E-state index contributed by atoms with van der Waals surface area (Å²) in [5.41, 5.74) is 1.20. The molecule has 28 heavy (non-hydrogen) atoms. The monoisotopic (exact) mass is 392 g/mol. The first kappa shape index (κ1) is 22.9. The molecular weight excluding hydrogens is 356 g/mol. The highest BCUT2D eigenvalue weighted by Crippen LogP contribution is 2.36. The number of carbonyl (C=O) groups is 1. The average molecular weight is 393 g/mol. The molecule has 0 unspecified atom stereocenters. The molecule has 2 atom stereocenters. The first-order valence-electron chi connectivity index (χ1n) is 10.5. The van der Waals surface area contributed by atoms with Crippen molar-refractivity contribution in [3.05, 3.63) is 35.9 Å². The van der Waals surface area contributed by atoms with Crippen molar-refractivity contribution in [1.82, 2.24) is 0 Å². The molecule has 0 bridgehead atoms. The minimum absolute atomic E-state index is 0.175. The standard InChI is InChI=1S/C23H36O5/c1-16(2)26-23(27-17(3)4,28-18(5)6)22(24)25-21-15-11-10-14-20(21)19-12-8-7-9-13-19/h7-9,12-13,16-18,20-21H,10-11,14-15H2,1-6H3/t20-,21+/m0/s1. The summed E-state index contributed by atoms with van der Waals surface area (Å²) in [5.74, 6) is -2.28. The molecule has 158 valence electrons. The predicted octanol–water partition coefficient (Wildman–Crippen LogP) is 5.18. The Morgan fingerprint density at radius 1 is 0.857 bits per heavy atom. The van der Waals surface area contributed by atoms with Gasteiger partial charge in [0.15, 0.2) is 0 Å². The van der Waals surface area contributed by atoms with Crippen molar-refractivity contribution in [1.29, 1.82) is 0 Å². The maximum atomic E-state index is 13.3. The van der Waals surface area contributed by atoms with Crippen molar-refractivity contribution >= 4 is 5.97 Å². The van der Waals surface area contributed by atoms with Crippen molar-refractivity contribution in [2.75, 3.05) is 0 Å². The van der Waals surface area contributed by atoms with E-state index >= 15 is 0 Å². The molecule has 0 aliphatic heterocycles. The van der Waals surface area contributed by atoms with Gasteiger partial charge in [0.2, 0.25) is 0 Å². The maximum Gasteiger partial charge on any atom is 0.398 e. The second-order valence-corrected chi connectivity index (χ2v) is 8.30. The van der Waals surface area contributed by atoms with E-state index in [0.717, 1.165) is 25.7 Å². The number of ether oxygens (including phenoxy) is 4. The zero-order chi connectivity index (χ0) is 20.7. The summed E-state index contributed by atoms with van der Waals surface area (Å²) in [4.78, 5) is 13.3. The van der Waals surface area contributed by atoms with Crippen LogP contribution in [0.1, 0.15) is 78.7 Å². The smallest absolute Gasteiger partial charge is 0.398 e. The highest BCUT2D eigenvalue weighted by atomic mass is 16.9. The van der Waals surface area contributed by atoms with Crippen molar-refractivity contribution < 1.29 is 23.7 Å². The van der Waals surface area contributed by atoms with Gasteiger partial charge in [0.25, 0.3) is 0 Å². The molecule has 1 saturated carbocycles. The Bertz CT molecular complexity index is 570. The lowest BCUT2D eigenvalue weighted by Gasteiger charge is -2.38. The first-order chi connectivity index (χ1) is 13.2. The summed E-state index contributed by atoms with van der Waals surface area (Å²) < 4.78 is 23.7. The topological polar surface area (TPSA) is 54.0 Å². The van der Waals surface area contributed by atoms with Crippen LogP contribution in [0.25, 0.3) is 0 Å². The third-order valence-corrected chi connectivity index (χ3v) is 4.61. The van der Waals surface area contributed by atoms with Gasteiger partial charge < -0.3 is 18.9 Å². The van der Waals surface area contributed by atoms with E-state index in [1.165, 1.54) is 5.56 Å². The van der Waals surface area contributed by atoms with Gasteiger partial charge in [0, 0.05) is 5.92 Å². The highest BCUT2D eigenvalue weighted by Gasteiger charge is 2.49. The average Bonchev–Trinajstić information content (AvgIpc) is 2.61. The minimum Gasteiger partial charge on any atom is -0.456 e. The quantitative estimate of drug-likeness (QED) is 0.428. The van der Waals surface area contributed by atoms with Gasteiger partial charge in [0.1, 0.15) is 6.10 Å².